The minimum absolute atomic E-state index is 0.168. The van der Waals surface area contributed by atoms with E-state index >= 15 is 0 Å². The number of nitro groups is 1. The van der Waals surface area contributed by atoms with Gasteiger partial charge in [-0.05, 0) is 35.7 Å². The number of thiophene rings is 1. The molecule has 5 rings (SSSR count). The van der Waals surface area contributed by atoms with E-state index in [1.165, 1.54) is 18.6 Å². The van der Waals surface area contributed by atoms with Crippen LogP contribution in [0.5, 0.6) is 0 Å². The molecule has 0 aliphatic rings. The lowest BCUT2D eigenvalue weighted by Gasteiger charge is -2.17. The van der Waals surface area contributed by atoms with Crippen molar-refractivity contribution in [3.05, 3.63) is 112 Å². The lowest BCUT2D eigenvalue weighted by atomic mass is 10.1. The molecule has 2 aromatic carbocycles. The Kier molecular flexibility index (Phi) is 5.94. The van der Waals surface area contributed by atoms with Crippen LogP contribution in [0.4, 0.5) is 5.69 Å². The third-order valence-electron chi connectivity index (χ3n) is 5.52. The normalized spacial score (nSPS) is 10.9. The van der Waals surface area contributed by atoms with Crippen LogP contribution < -0.4 is 0 Å². The van der Waals surface area contributed by atoms with Gasteiger partial charge in [0.1, 0.15) is 11.4 Å². The van der Waals surface area contributed by atoms with Gasteiger partial charge in [-0.25, -0.2) is 9.67 Å². The van der Waals surface area contributed by atoms with Crippen LogP contribution in [0, 0.1) is 10.1 Å². The van der Waals surface area contributed by atoms with Crippen molar-refractivity contribution < 1.29 is 9.72 Å². The highest BCUT2D eigenvalue weighted by Gasteiger charge is 2.22. The van der Waals surface area contributed by atoms with Crippen LogP contribution in [-0.4, -0.2) is 42.1 Å². The highest BCUT2D eigenvalue weighted by Crippen LogP contribution is 2.29. The van der Waals surface area contributed by atoms with E-state index in [0.717, 1.165) is 21.8 Å². The number of aromatic nitrogens is 4. The Hall–Kier alpha value is -4.57. The molecule has 0 radical (unpaired) electrons. The van der Waals surface area contributed by atoms with Gasteiger partial charge < -0.3 is 9.47 Å². The molecule has 0 unspecified atom stereocenters. The molecular weight excluding hydrogens is 464 g/mol. The number of carbonyl (C=O) groups excluding carboxylic acids is 1. The lowest BCUT2D eigenvalue weighted by Crippen LogP contribution is -2.26. The van der Waals surface area contributed by atoms with E-state index in [9.17, 15) is 14.9 Å². The number of hydrogen-bond donors (Lipinski definition) is 0. The lowest BCUT2D eigenvalue weighted by molar-refractivity contribution is -0.384. The van der Waals surface area contributed by atoms with Crippen LogP contribution >= 0.6 is 11.3 Å². The fourth-order valence-electron chi connectivity index (χ4n) is 3.83. The second kappa shape index (κ2) is 9.35. The maximum atomic E-state index is 13.3. The van der Waals surface area contributed by atoms with Gasteiger partial charge in [-0.3, -0.25) is 14.9 Å². The van der Waals surface area contributed by atoms with E-state index in [0.29, 0.717) is 5.69 Å². The fraction of sp³-hybridized carbons (Fsp3) is 0.0800. The number of rotatable bonds is 7. The predicted octanol–water partition coefficient (Wildman–Crippen LogP) is 4.97. The van der Waals surface area contributed by atoms with Gasteiger partial charge in [-0.2, -0.15) is 5.10 Å². The van der Waals surface area contributed by atoms with E-state index < -0.39 is 4.92 Å². The first kappa shape index (κ1) is 22.2. The van der Waals surface area contributed by atoms with Gasteiger partial charge in [-0.1, -0.05) is 24.3 Å². The van der Waals surface area contributed by atoms with E-state index in [2.05, 4.69) is 4.98 Å². The van der Waals surface area contributed by atoms with E-state index in [-0.39, 0.29) is 23.7 Å². The highest BCUT2D eigenvalue weighted by atomic mass is 32.1. The second-order valence-electron chi connectivity index (χ2n) is 7.85. The van der Waals surface area contributed by atoms with Crippen LogP contribution in [0.3, 0.4) is 0 Å². The summed E-state index contributed by atoms with van der Waals surface area (Å²) in [5.41, 5.74) is 2.99. The molecule has 35 heavy (non-hydrogen) atoms. The van der Waals surface area contributed by atoms with Crippen molar-refractivity contribution in [1.82, 2.24) is 24.2 Å². The van der Waals surface area contributed by atoms with Crippen LogP contribution in [0.2, 0.25) is 0 Å². The van der Waals surface area contributed by atoms with Gasteiger partial charge in [-0.15, -0.1) is 11.3 Å². The molecular formula is C25H20N6O3S. The summed E-state index contributed by atoms with van der Waals surface area (Å²) in [5.74, 6) is -0.324. The third kappa shape index (κ3) is 4.46. The topological polar surface area (TPSA) is 99.1 Å². The smallest absolute Gasteiger partial charge is 0.294 e. The van der Waals surface area contributed by atoms with Crippen LogP contribution in [0.25, 0.3) is 21.9 Å². The Labute approximate surface area is 204 Å². The number of para-hydroxylation sites is 1. The Morgan fingerprint density at radius 1 is 1.14 bits per heavy atom. The van der Waals surface area contributed by atoms with Gasteiger partial charge in [0.25, 0.3) is 11.6 Å². The molecule has 9 nitrogen and oxygen atoms in total. The monoisotopic (exact) mass is 484 g/mol. The summed E-state index contributed by atoms with van der Waals surface area (Å²) in [6.45, 7) is 0.288. The number of benzene rings is 2. The van der Waals surface area contributed by atoms with Crippen molar-refractivity contribution in [3.63, 3.8) is 0 Å². The molecule has 0 saturated heterocycles. The Balaban J connectivity index is 1.45. The van der Waals surface area contributed by atoms with Crippen molar-refractivity contribution in [3.8, 4) is 21.9 Å². The van der Waals surface area contributed by atoms with Crippen molar-refractivity contribution in [2.75, 3.05) is 7.05 Å². The standard InChI is InChI=1S/C25H20N6O3S/c1-28(25(32)18-9-10-21(22(14-18)31(33)34)29-12-11-26-17-29)15-19-16-30(20-6-3-2-4-7-20)27-24(19)23-8-5-13-35-23/h2-14,16-17H,15H2,1H3. The molecule has 0 fully saturated rings. The molecule has 3 heterocycles. The molecule has 0 N–H and O–H groups in total. The zero-order valence-electron chi connectivity index (χ0n) is 18.7. The van der Waals surface area contributed by atoms with Crippen molar-refractivity contribution in [1.29, 1.82) is 0 Å². The average Bonchev–Trinajstić information content (AvgIpc) is 3.66. The summed E-state index contributed by atoms with van der Waals surface area (Å²) < 4.78 is 3.34. The average molecular weight is 485 g/mol. The van der Waals surface area contributed by atoms with Crippen molar-refractivity contribution in [2.24, 2.45) is 0 Å². The molecule has 174 valence electrons. The van der Waals surface area contributed by atoms with E-state index in [1.807, 2.05) is 54.0 Å². The molecule has 0 atom stereocenters. The molecule has 0 bridgehead atoms. The third-order valence-corrected chi connectivity index (χ3v) is 6.40. The zero-order valence-corrected chi connectivity index (χ0v) is 19.5. The maximum absolute atomic E-state index is 13.3. The summed E-state index contributed by atoms with van der Waals surface area (Å²) in [6, 6.07) is 18.2. The summed E-state index contributed by atoms with van der Waals surface area (Å²) in [4.78, 5) is 30.9. The highest BCUT2D eigenvalue weighted by molar-refractivity contribution is 7.13. The van der Waals surface area contributed by atoms with Gasteiger partial charge in [0, 0.05) is 49.4 Å². The molecule has 1 amide bonds. The molecule has 3 aromatic heterocycles. The van der Waals surface area contributed by atoms with Gasteiger partial charge >= 0.3 is 0 Å². The maximum Gasteiger partial charge on any atom is 0.294 e. The molecule has 0 aliphatic heterocycles. The molecule has 10 heteroatoms. The number of nitro benzene ring substituents is 1. The predicted molar refractivity (Wildman–Crippen MR) is 133 cm³/mol. The van der Waals surface area contributed by atoms with Crippen molar-refractivity contribution in [2.45, 2.75) is 6.54 Å². The summed E-state index contributed by atoms with van der Waals surface area (Å²) in [5, 5.41) is 18.5. The number of nitrogens with zero attached hydrogens (tertiary/aromatic N) is 6. The molecule has 0 spiro atoms. The van der Waals surface area contributed by atoms with Gasteiger partial charge in [0.2, 0.25) is 0 Å². The Bertz CT molecular complexity index is 1480. The molecule has 0 saturated carbocycles. The fourth-order valence-corrected chi connectivity index (χ4v) is 4.57. The number of imidazole rings is 1. The quantitative estimate of drug-likeness (QED) is 0.240. The SMILES string of the molecule is CN(Cc1cn(-c2ccccc2)nc1-c1cccs1)C(=O)c1ccc(-n2ccnc2)c([N+](=O)[O-])c1. The Morgan fingerprint density at radius 3 is 2.66 bits per heavy atom. The summed E-state index contributed by atoms with van der Waals surface area (Å²) in [7, 11) is 1.68. The minimum atomic E-state index is -0.495. The zero-order chi connectivity index (χ0) is 24.4. The summed E-state index contributed by atoms with van der Waals surface area (Å²) in [6.07, 6.45) is 6.55. The Morgan fingerprint density at radius 2 is 1.97 bits per heavy atom. The first-order chi connectivity index (χ1) is 17.0. The number of carbonyl (C=O) groups is 1. The van der Waals surface area contributed by atoms with Crippen LogP contribution in [-0.2, 0) is 6.54 Å². The first-order valence-electron chi connectivity index (χ1n) is 10.7. The van der Waals surface area contributed by atoms with Crippen LogP contribution in [0.1, 0.15) is 15.9 Å². The number of hydrogen-bond acceptors (Lipinski definition) is 6. The minimum Gasteiger partial charge on any atom is -0.337 e. The molecule has 0 aliphatic carbocycles. The van der Waals surface area contributed by atoms with Crippen LogP contribution in [0.15, 0.2) is 91.0 Å². The second-order valence-corrected chi connectivity index (χ2v) is 8.80. The first-order valence-corrected chi connectivity index (χ1v) is 11.6. The molecule has 5 aromatic rings. The largest absolute Gasteiger partial charge is 0.337 e. The van der Waals surface area contributed by atoms with Gasteiger partial charge in [0.05, 0.1) is 21.8 Å². The van der Waals surface area contributed by atoms with E-state index in [4.69, 9.17) is 5.10 Å². The summed E-state index contributed by atoms with van der Waals surface area (Å²) >= 11 is 1.57. The van der Waals surface area contributed by atoms with Gasteiger partial charge in [0.15, 0.2) is 0 Å². The van der Waals surface area contributed by atoms with E-state index in [1.54, 1.807) is 50.9 Å². The van der Waals surface area contributed by atoms with Crippen molar-refractivity contribution >= 4 is 22.9 Å². The number of amides is 1.